The molecule has 1 unspecified atom stereocenters. The highest BCUT2D eigenvalue weighted by molar-refractivity contribution is 7.89. The Hall–Kier alpha value is -2.80. The van der Waals surface area contributed by atoms with Crippen LogP contribution in [0.5, 0.6) is 5.75 Å². The fraction of sp³-hybridized carbons (Fsp3) is 0.522. The summed E-state index contributed by atoms with van der Waals surface area (Å²) in [6.07, 6.45) is 1.98. The van der Waals surface area contributed by atoms with Crippen molar-refractivity contribution in [1.29, 1.82) is 0 Å². The third kappa shape index (κ3) is 4.96. The van der Waals surface area contributed by atoms with Crippen molar-refractivity contribution >= 4 is 21.1 Å². The number of aromatic amines is 1. The minimum absolute atomic E-state index is 0.0562. The molecule has 1 aliphatic rings. The molecule has 0 saturated carbocycles. The van der Waals surface area contributed by atoms with Gasteiger partial charge in [-0.3, -0.25) is 9.48 Å². The number of aromatic nitrogens is 4. The van der Waals surface area contributed by atoms with Crippen LogP contribution in [0.2, 0.25) is 0 Å². The summed E-state index contributed by atoms with van der Waals surface area (Å²) in [6, 6.07) is 4.55. The number of aryl methyl sites for hydroxylation is 2. The number of hydrogen-bond acceptors (Lipinski definition) is 7. The van der Waals surface area contributed by atoms with Crippen LogP contribution in [0.1, 0.15) is 32.4 Å². The Morgan fingerprint density at radius 1 is 1.23 bits per heavy atom. The Balaban J connectivity index is 1.83. The Morgan fingerprint density at radius 2 is 2.00 bits per heavy atom. The molecule has 11 nitrogen and oxygen atoms in total. The van der Waals surface area contributed by atoms with E-state index in [1.54, 1.807) is 20.2 Å². The second-order valence-corrected chi connectivity index (χ2v) is 11.0. The summed E-state index contributed by atoms with van der Waals surface area (Å²) < 4.78 is 35.2. The number of H-pyrrole nitrogens is 1. The molecule has 1 aromatic carbocycles. The molecule has 4 rings (SSSR count). The molecule has 3 aromatic rings. The zero-order valence-corrected chi connectivity index (χ0v) is 21.4. The Bertz CT molecular complexity index is 1400. The topological polar surface area (TPSA) is 133 Å². The molecule has 1 fully saturated rings. The Labute approximate surface area is 204 Å². The lowest BCUT2D eigenvalue weighted by Gasteiger charge is -2.37. The van der Waals surface area contributed by atoms with E-state index >= 15 is 0 Å². The number of benzene rings is 1. The van der Waals surface area contributed by atoms with E-state index in [0.29, 0.717) is 54.0 Å². The minimum atomic E-state index is -3.87. The van der Waals surface area contributed by atoms with Crippen molar-refractivity contribution in [3.8, 4) is 17.1 Å². The maximum Gasteiger partial charge on any atom is 0.277 e. The summed E-state index contributed by atoms with van der Waals surface area (Å²) >= 11 is 0. The molecule has 2 aromatic heterocycles. The highest BCUT2D eigenvalue weighted by Gasteiger charge is 2.30. The molecule has 0 radical (unpaired) electrons. The van der Waals surface area contributed by atoms with Gasteiger partial charge >= 0.3 is 0 Å². The lowest BCUT2D eigenvalue weighted by molar-refractivity contribution is -0.858. The van der Waals surface area contributed by atoms with Crippen LogP contribution in [0.3, 0.4) is 0 Å². The number of ether oxygens (including phenoxy) is 1. The second kappa shape index (κ2) is 9.69. The Morgan fingerprint density at radius 3 is 2.71 bits per heavy atom. The first kappa shape index (κ1) is 25.3. The number of quaternary nitrogens is 1. The maximum atomic E-state index is 13.5. The number of hydroxylamine groups is 3. The zero-order valence-electron chi connectivity index (χ0n) is 20.6. The first-order valence-electron chi connectivity index (χ1n) is 11.9. The number of nitrogens with one attached hydrogen (secondary N) is 1. The molecule has 35 heavy (non-hydrogen) atoms. The molecule has 0 bridgehead atoms. The van der Waals surface area contributed by atoms with Crippen molar-refractivity contribution in [3.63, 3.8) is 0 Å². The SMILES string of the molecule is CCCc1nn(C)c2c(=O)[nH]c(-c3cc(S(=O)(=O)N4CCC[N+](C)([O-])CC4)ccc3OCC)nc12. The van der Waals surface area contributed by atoms with Gasteiger partial charge in [0.25, 0.3) is 5.56 Å². The van der Waals surface area contributed by atoms with E-state index < -0.39 is 14.7 Å². The minimum Gasteiger partial charge on any atom is -0.633 e. The van der Waals surface area contributed by atoms with Gasteiger partial charge in [-0.2, -0.15) is 9.40 Å². The molecule has 0 spiro atoms. The average molecular weight is 505 g/mol. The van der Waals surface area contributed by atoms with Gasteiger partial charge in [0.05, 0.1) is 49.4 Å². The van der Waals surface area contributed by atoms with Gasteiger partial charge in [-0.1, -0.05) is 13.3 Å². The van der Waals surface area contributed by atoms with Crippen molar-refractivity contribution in [2.75, 3.05) is 39.8 Å². The van der Waals surface area contributed by atoms with Gasteiger partial charge in [0.15, 0.2) is 5.52 Å². The third-order valence-corrected chi connectivity index (χ3v) is 8.15. The first-order chi connectivity index (χ1) is 16.6. The molecule has 0 amide bonds. The number of sulfonamides is 1. The molecule has 0 aliphatic carbocycles. The zero-order chi connectivity index (χ0) is 25.4. The van der Waals surface area contributed by atoms with Crippen molar-refractivity contribution in [1.82, 2.24) is 24.1 Å². The third-order valence-electron chi connectivity index (χ3n) is 6.25. The van der Waals surface area contributed by atoms with Crippen LogP contribution < -0.4 is 10.3 Å². The van der Waals surface area contributed by atoms with Crippen molar-refractivity contribution in [3.05, 3.63) is 39.5 Å². The number of likely N-dealkylation sites (N-methyl/N-ethyl adjacent to an activating group) is 1. The summed E-state index contributed by atoms with van der Waals surface area (Å²) in [4.78, 5) is 20.5. The van der Waals surface area contributed by atoms with Gasteiger partial charge in [0, 0.05) is 20.0 Å². The lowest BCUT2D eigenvalue weighted by atomic mass is 10.1. The standard InChI is InChI=1S/C23H32N6O5S/c1-5-8-18-20-21(27(3)26-18)23(30)25-22(24-20)17-15-16(9-10-19(17)34-6-2)35(32,33)28-11-7-13-29(4,31)14-12-28/h9-10,15H,5-8,11-14H2,1-4H3,(H,24,25,30). The van der Waals surface area contributed by atoms with E-state index in [4.69, 9.17) is 4.74 Å². The molecule has 3 heterocycles. The summed E-state index contributed by atoms with van der Waals surface area (Å²) in [5.41, 5.74) is 1.57. The van der Waals surface area contributed by atoms with Gasteiger partial charge in [-0.25, -0.2) is 13.4 Å². The lowest BCUT2D eigenvalue weighted by Crippen LogP contribution is -2.41. The van der Waals surface area contributed by atoms with E-state index in [2.05, 4.69) is 15.1 Å². The fourth-order valence-electron chi connectivity index (χ4n) is 4.43. The van der Waals surface area contributed by atoms with Gasteiger partial charge < -0.3 is 19.6 Å². The van der Waals surface area contributed by atoms with E-state index in [1.165, 1.54) is 21.1 Å². The largest absolute Gasteiger partial charge is 0.633 e. The summed E-state index contributed by atoms with van der Waals surface area (Å²) in [5, 5.41) is 16.8. The maximum absolute atomic E-state index is 13.5. The number of nitrogens with zero attached hydrogens (tertiary/aromatic N) is 5. The first-order valence-corrected chi connectivity index (χ1v) is 13.3. The normalized spacial score (nSPS) is 19.7. The number of fused-ring (bicyclic) bond motifs is 1. The van der Waals surface area contributed by atoms with Crippen LogP contribution in [0.25, 0.3) is 22.4 Å². The molecule has 12 heteroatoms. The van der Waals surface area contributed by atoms with Gasteiger partial charge in [0.2, 0.25) is 10.0 Å². The second-order valence-electron chi connectivity index (χ2n) is 9.02. The molecule has 1 atom stereocenters. The van der Waals surface area contributed by atoms with Gasteiger partial charge in [-0.15, -0.1) is 0 Å². The monoisotopic (exact) mass is 504 g/mol. The Kier molecular flexibility index (Phi) is 7.00. The fourth-order valence-corrected chi connectivity index (χ4v) is 5.93. The van der Waals surface area contributed by atoms with Crippen molar-refractivity contribution in [2.45, 2.75) is 38.0 Å². The van der Waals surface area contributed by atoms with Crippen LogP contribution in [-0.2, 0) is 23.5 Å². The predicted octanol–water partition coefficient (Wildman–Crippen LogP) is 2.01. The molecule has 1 saturated heterocycles. The molecular weight excluding hydrogens is 472 g/mol. The highest BCUT2D eigenvalue weighted by Crippen LogP contribution is 2.32. The number of hydrogen-bond donors (Lipinski definition) is 1. The number of rotatable bonds is 7. The average Bonchev–Trinajstić information content (AvgIpc) is 2.99. The van der Waals surface area contributed by atoms with Crippen LogP contribution in [0, 0.1) is 5.21 Å². The smallest absolute Gasteiger partial charge is 0.277 e. The molecular formula is C23H32N6O5S. The van der Waals surface area contributed by atoms with Crippen LogP contribution >= 0.6 is 0 Å². The van der Waals surface area contributed by atoms with Crippen molar-refractivity contribution in [2.24, 2.45) is 7.05 Å². The van der Waals surface area contributed by atoms with E-state index in [1.807, 2.05) is 13.8 Å². The molecule has 1 N–H and O–H groups in total. The summed E-state index contributed by atoms with van der Waals surface area (Å²) in [7, 11) is -0.608. The highest BCUT2D eigenvalue weighted by atomic mass is 32.2. The van der Waals surface area contributed by atoms with E-state index in [9.17, 15) is 18.4 Å². The molecule has 1 aliphatic heterocycles. The molecule has 190 valence electrons. The quantitative estimate of drug-likeness (QED) is 0.384. The predicted molar refractivity (Wildman–Crippen MR) is 132 cm³/mol. The summed E-state index contributed by atoms with van der Waals surface area (Å²) in [5.74, 6) is 0.627. The van der Waals surface area contributed by atoms with Crippen LogP contribution in [0.4, 0.5) is 0 Å². The summed E-state index contributed by atoms with van der Waals surface area (Å²) in [6.45, 7) is 5.18. The van der Waals surface area contributed by atoms with Gasteiger partial charge in [0.1, 0.15) is 17.1 Å². The van der Waals surface area contributed by atoms with Crippen LogP contribution in [0.15, 0.2) is 27.9 Å². The van der Waals surface area contributed by atoms with Gasteiger partial charge in [-0.05, 0) is 31.5 Å². The van der Waals surface area contributed by atoms with Crippen molar-refractivity contribution < 1.29 is 17.8 Å². The van der Waals surface area contributed by atoms with Crippen LogP contribution in [-0.4, -0.2) is 77.0 Å². The van der Waals surface area contributed by atoms with E-state index in [0.717, 1.165) is 6.42 Å². The van der Waals surface area contributed by atoms with E-state index in [-0.39, 0.29) is 35.9 Å².